The normalized spacial score (nSPS) is 10.2. The number of anilines is 1. The van der Waals surface area contributed by atoms with E-state index in [0.29, 0.717) is 10.7 Å². The highest BCUT2D eigenvalue weighted by molar-refractivity contribution is 6.30. The summed E-state index contributed by atoms with van der Waals surface area (Å²) in [7, 11) is 0. The van der Waals surface area contributed by atoms with Gasteiger partial charge in [-0.15, -0.1) is 5.10 Å². The monoisotopic (exact) mass is 222 g/mol. The summed E-state index contributed by atoms with van der Waals surface area (Å²) in [6.07, 6.45) is 1.30. The average molecular weight is 223 g/mol. The number of benzene rings is 1. The fourth-order valence-electron chi connectivity index (χ4n) is 1.10. The van der Waals surface area contributed by atoms with Gasteiger partial charge in [-0.3, -0.25) is 4.79 Å². The van der Waals surface area contributed by atoms with Gasteiger partial charge in [-0.2, -0.15) is 4.98 Å². The van der Waals surface area contributed by atoms with E-state index < -0.39 is 5.56 Å². The molecule has 0 saturated carbocycles. The van der Waals surface area contributed by atoms with E-state index in [2.05, 4.69) is 10.1 Å². The van der Waals surface area contributed by atoms with Gasteiger partial charge in [0.25, 0.3) is 0 Å². The van der Waals surface area contributed by atoms with Gasteiger partial charge in [-0.05, 0) is 18.2 Å². The van der Waals surface area contributed by atoms with Crippen LogP contribution in [0.25, 0.3) is 5.69 Å². The van der Waals surface area contributed by atoms with Crippen molar-refractivity contribution in [1.29, 1.82) is 0 Å². The number of nitrogens with zero attached hydrogens (tertiary/aromatic N) is 3. The molecule has 0 atom stereocenters. The van der Waals surface area contributed by atoms with Gasteiger partial charge in [0, 0.05) is 5.02 Å². The molecule has 1 aromatic carbocycles. The molecule has 6 heteroatoms. The zero-order valence-corrected chi connectivity index (χ0v) is 8.35. The summed E-state index contributed by atoms with van der Waals surface area (Å²) in [4.78, 5) is 14.5. The Labute approximate surface area is 90.1 Å². The Kier molecular flexibility index (Phi) is 2.39. The number of hydrogen-bond acceptors (Lipinski definition) is 4. The highest BCUT2D eigenvalue weighted by Gasteiger charge is 2.00. The zero-order chi connectivity index (χ0) is 10.8. The summed E-state index contributed by atoms with van der Waals surface area (Å²) >= 11 is 5.81. The number of hydrogen-bond donors (Lipinski definition) is 1. The first-order chi connectivity index (χ1) is 7.16. The third kappa shape index (κ3) is 1.97. The molecule has 1 aromatic heterocycles. The minimum atomic E-state index is -0.534. The number of rotatable bonds is 1. The Morgan fingerprint density at radius 1 is 1.40 bits per heavy atom. The van der Waals surface area contributed by atoms with E-state index in [1.165, 1.54) is 11.0 Å². The predicted octanol–water partition coefficient (Wildman–Crippen LogP) is 0.863. The maximum Gasteiger partial charge on any atom is 0.315 e. The molecule has 0 fully saturated rings. The molecule has 2 aromatic rings. The quantitative estimate of drug-likeness (QED) is 0.777. The molecule has 0 spiro atoms. The molecule has 0 radical (unpaired) electrons. The molecule has 0 aliphatic heterocycles. The summed E-state index contributed by atoms with van der Waals surface area (Å²) < 4.78 is 1.39. The first kappa shape index (κ1) is 9.67. The van der Waals surface area contributed by atoms with Gasteiger partial charge in [0.2, 0.25) is 5.82 Å². The summed E-state index contributed by atoms with van der Waals surface area (Å²) in [5, 5.41) is 4.42. The van der Waals surface area contributed by atoms with Crippen molar-refractivity contribution in [2.45, 2.75) is 0 Å². The van der Waals surface area contributed by atoms with E-state index >= 15 is 0 Å². The van der Waals surface area contributed by atoms with Crippen molar-refractivity contribution in [1.82, 2.24) is 14.8 Å². The average Bonchev–Trinajstić information content (AvgIpc) is 2.22. The minimum Gasteiger partial charge on any atom is -0.378 e. The van der Waals surface area contributed by atoms with Crippen molar-refractivity contribution in [2.75, 3.05) is 5.73 Å². The van der Waals surface area contributed by atoms with Gasteiger partial charge >= 0.3 is 5.56 Å². The van der Waals surface area contributed by atoms with E-state index in [1.54, 1.807) is 24.3 Å². The molecule has 0 unspecified atom stereocenters. The number of aromatic nitrogens is 3. The van der Waals surface area contributed by atoms with E-state index in [9.17, 15) is 4.79 Å². The SMILES string of the molecule is Nc1nn(-c2cccc(Cl)c2)cnc1=O. The van der Waals surface area contributed by atoms with Crippen LogP contribution in [0.4, 0.5) is 5.82 Å². The van der Waals surface area contributed by atoms with Crippen LogP contribution in [0.15, 0.2) is 35.4 Å². The molecule has 0 amide bonds. The van der Waals surface area contributed by atoms with Crippen LogP contribution in [0.5, 0.6) is 0 Å². The molecule has 5 nitrogen and oxygen atoms in total. The van der Waals surface area contributed by atoms with Gasteiger partial charge < -0.3 is 5.73 Å². The van der Waals surface area contributed by atoms with Crippen molar-refractivity contribution in [2.24, 2.45) is 0 Å². The first-order valence-electron chi connectivity index (χ1n) is 4.14. The van der Waals surface area contributed by atoms with Gasteiger partial charge in [-0.25, -0.2) is 4.68 Å². The van der Waals surface area contributed by atoms with E-state index in [4.69, 9.17) is 17.3 Å². The lowest BCUT2D eigenvalue weighted by Crippen LogP contribution is -2.18. The van der Waals surface area contributed by atoms with Gasteiger partial charge in [0.1, 0.15) is 6.33 Å². The second kappa shape index (κ2) is 3.70. The number of nitrogen functional groups attached to an aromatic ring is 1. The van der Waals surface area contributed by atoms with Crippen molar-refractivity contribution in [3.63, 3.8) is 0 Å². The Morgan fingerprint density at radius 2 is 2.20 bits per heavy atom. The highest BCUT2D eigenvalue weighted by Crippen LogP contribution is 2.12. The van der Waals surface area contributed by atoms with E-state index in [-0.39, 0.29) is 5.82 Å². The Hall–Kier alpha value is -1.88. The second-order valence-corrected chi connectivity index (χ2v) is 3.30. The Balaban J connectivity index is 2.55. The van der Waals surface area contributed by atoms with Crippen LogP contribution in [0, 0.1) is 0 Å². The molecule has 2 N–H and O–H groups in total. The lowest BCUT2D eigenvalue weighted by Gasteiger charge is -2.04. The highest BCUT2D eigenvalue weighted by atomic mass is 35.5. The van der Waals surface area contributed by atoms with Crippen LogP contribution < -0.4 is 11.3 Å². The van der Waals surface area contributed by atoms with Gasteiger partial charge in [-0.1, -0.05) is 17.7 Å². The van der Waals surface area contributed by atoms with Gasteiger partial charge in [0.15, 0.2) is 0 Å². The van der Waals surface area contributed by atoms with E-state index in [1.807, 2.05) is 0 Å². The van der Waals surface area contributed by atoms with Crippen LogP contribution >= 0.6 is 11.6 Å². The summed E-state index contributed by atoms with van der Waals surface area (Å²) in [5.74, 6) is -0.141. The third-order valence-electron chi connectivity index (χ3n) is 1.79. The number of nitrogens with two attached hydrogens (primary N) is 1. The molecule has 76 valence electrons. The fourth-order valence-corrected chi connectivity index (χ4v) is 1.29. The fraction of sp³-hybridized carbons (Fsp3) is 0. The first-order valence-corrected chi connectivity index (χ1v) is 4.52. The lowest BCUT2D eigenvalue weighted by molar-refractivity contribution is 0.803. The summed E-state index contributed by atoms with van der Waals surface area (Å²) in [6, 6.07) is 6.99. The summed E-state index contributed by atoms with van der Waals surface area (Å²) in [6.45, 7) is 0. The van der Waals surface area contributed by atoms with Crippen LogP contribution in [0.2, 0.25) is 5.02 Å². The number of halogens is 1. The molecule has 0 aliphatic carbocycles. The zero-order valence-electron chi connectivity index (χ0n) is 7.59. The van der Waals surface area contributed by atoms with Crippen LogP contribution in [0.3, 0.4) is 0 Å². The molecular formula is C9H7ClN4O. The second-order valence-electron chi connectivity index (χ2n) is 2.86. The predicted molar refractivity (Wildman–Crippen MR) is 57.1 cm³/mol. The molecule has 15 heavy (non-hydrogen) atoms. The Bertz CT molecular complexity index is 552. The van der Waals surface area contributed by atoms with Crippen LogP contribution in [0.1, 0.15) is 0 Å². The topological polar surface area (TPSA) is 73.8 Å². The minimum absolute atomic E-state index is 0.141. The third-order valence-corrected chi connectivity index (χ3v) is 2.03. The largest absolute Gasteiger partial charge is 0.378 e. The molecule has 0 aliphatic rings. The van der Waals surface area contributed by atoms with Crippen molar-refractivity contribution < 1.29 is 0 Å². The van der Waals surface area contributed by atoms with Crippen molar-refractivity contribution in [3.8, 4) is 5.69 Å². The molecule has 1 heterocycles. The van der Waals surface area contributed by atoms with E-state index in [0.717, 1.165) is 0 Å². The van der Waals surface area contributed by atoms with Crippen molar-refractivity contribution in [3.05, 3.63) is 46.0 Å². The standard InChI is InChI=1S/C9H7ClN4O/c10-6-2-1-3-7(4-6)14-5-12-9(15)8(11)13-14/h1-5H,(H2,11,13). The molecule has 0 saturated heterocycles. The Morgan fingerprint density at radius 3 is 2.87 bits per heavy atom. The maximum atomic E-state index is 10.9. The van der Waals surface area contributed by atoms with Crippen molar-refractivity contribution >= 4 is 17.4 Å². The molecule has 0 bridgehead atoms. The van der Waals surface area contributed by atoms with Crippen LogP contribution in [-0.2, 0) is 0 Å². The lowest BCUT2D eigenvalue weighted by atomic mass is 10.3. The maximum absolute atomic E-state index is 10.9. The smallest absolute Gasteiger partial charge is 0.315 e. The van der Waals surface area contributed by atoms with Crippen LogP contribution in [-0.4, -0.2) is 14.8 Å². The molecule has 2 rings (SSSR count). The molecular weight excluding hydrogens is 216 g/mol. The van der Waals surface area contributed by atoms with Gasteiger partial charge in [0.05, 0.1) is 5.69 Å². The summed E-state index contributed by atoms with van der Waals surface area (Å²) in [5.41, 5.74) is 5.52.